The highest BCUT2D eigenvalue weighted by molar-refractivity contribution is 6.08. The summed E-state index contributed by atoms with van der Waals surface area (Å²) in [7, 11) is 0. The first-order valence-electron chi connectivity index (χ1n) is 13.2. The van der Waals surface area contributed by atoms with Gasteiger partial charge in [-0.1, -0.05) is 44.2 Å². The van der Waals surface area contributed by atoms with Crippen LogP contribution in [0.2, 0.25) is 0 Å². The van der Waals surface area contributed by atoms with Crippen molar-refractivity contribution in [1.29, 1.82) is 0 Å². The zero-order valence-electron chi connectivity index (χ0n) is 23.9. The minimum atomic E-state index is -1.12. The summed E-state index contributed by atoms with van der Waals surface area (Å²) in [5.41, 5.74) is 10.5. The molecule has 3 rings (SSSR count). The molecule has 3 aromatic rings. The quantitative estimate of drug-likeness (QED) is 0.270. The zero-order valence-corrected chi connectivity index (χ0v) is 23.9. The van der Waals surface area contributed by atoms with Crippen molar-refractivity contribution < 1.29 is 24.2 Å². The van der Waals surface area contributed by atoms with Gasteiger partial charge in [0, 0.05) is 35.5 Å². The number of benzene rings is 2. The number of carbonyl (C=O) groups is 3. The first-order chi connectivity index (χ1) is 18.8. The van der Waals surface area contributed by atoms with Crippen molar-refractivity contribution >= 4 is 23.7 Å². The number of ether oxygens (including phenoxy) is 1. The molecule has 0 bridgehead atoms. The van der Waals surface area contributed by atoms with Gasteiger partial charge in [-0.25, -0.2) is 9.59 Å². The largest absolute Gasteiger partial charge is 0.478 e. The molecule has 2 aromatic carbocycles. The molecular weight excluding hydrogens is 508 g/mol. The highest BCUT2D eigenvalue weighted by atomic mass is 16.6. The molecule has 0 atom stereocenters. The highest BCUT2D eigenvalue weighted by Crippen LogP contribution is 2.37. The molecule has 0 fully saturated rings. The zero-order chi connectivity index (χ0) is 29.6. The van der Waals surface area contributed by atoms with Crippen LogP contribution in [-0.4, -0.2) is 33.7 Å². The number of nitrogens with two attached hydrogens (primary N) is 1. The van der Waals surface area contributed by atoms with Gasteiger partial charge >= 0.3 is 12.1 Å². The number of hydrogen-bond acceptors (Lipinski definition) is 6. The van der Waals surface area contributed by atoms with Crippen LogP contribution in [0.15, 0.2) is 48.5 Å². The van der Waals surface area contributed by atoms with E-state index in [1.165, 1.54) is 18.2 Å². The lowest BCUT2D eigenvalue weighted by Gasteiger charge is -2.24. The summed E-state index contributed by atoms with van der Waals surface area (Å²) in [4.78, 5) is 42.3. The van der Waals surface area contributed by atoms with Gasteiger partial charge in [0.1, 0.15) is 5.60 Å². The minimum Gasteiger partial charge on any atom is -0.478 e. The number of carboxylic acid groups (broad SMARTS) is 1. The summed E-state index contributed by atoms with van der Waals surface area (Å²) in [6.07, 6.45) is 0.0821. The third kappa shape index (κ3) is 7.89. The van der Waals surface area contributed by atoms with E-state index in [0.29, 0.717) is 29.9 Å². The molecule has 0 saturated heterocycles. The van der Waals surface area contributed by atoms with Gasteiger partial charge in [-0.15, -0.1) is 0 Å². The third-order valence-corrected chi connectivity index (χ3v) is 6.06. The van der Waals surface area contributed by atoms with Crippen LogP contribution in [0.5, 0.6) is 0 Å². The number of hydrogen-bond donors (Lipinski definition) is 4. The number of aromatic carboxylic acids is 1. The maximum absolute atomic E-state index is 13.4. The molecule has 1 aromatic heterocycles. The molecule has 0 unspecified atom stereocenters. The molecule has 0 spiro atoms. The molecule has 0 radical (unpaired) electrons. The van der Waals surface area contributed by atoms with Gasteiger partial charge in [-0.3, -0.25) is 9.78 Å². The lowest BCUT2D eigenvalue weighted by atomic mass is 9.92. The van der Waals surface area contributed by atoms with Crippen LogP contribution in [0.3, 0.4) is 0 Å². The van der Waals surface area contributed by atoms with Crippen LogP contribution < -0.4 is 16.4 Å². The maximum atomic E-state index is 13.4. The fraction of sp³-hybridized carbons (Fsp3) is 0.355. The number of aryl methyl sites for hydroxylation is 1. The Balaban J connectivity index is 2.18. The van der Waals surface area contributed by atoms with Gasteiger partial charge < -0.3 is 26.2 Å². The first-order valence-corrected chi connectivity index (χ1v) is 13.2. The summed E-state index contributed by atoms with van der Waals surface area (Å²) in [5.74, 6) is -1.32. The van der Waals surface area contributed by atoms with E-state index in [-0.39, 0.29) is 23.6 Å². The standard InChI is InChI=1S/C31H38N4O5/c1-18(2)14-25-24(17-33-30(39)40-31(4,5)6)26(21-12-10-20(16-32)11-13-21)27(19(3)34-25)35-28(36)22-8-7-9-23(15-22)29(37)38/h7-13,15,18H,14,16-17,32H2,1-6H3,(H,33,39)(H,35,36)(H,37,38). The molecule has 9 heteroatoms. The lowest BCUT2D eigenvalue weighted by molar-refractivity contribution is 0.0522. The van der Waals surface area contributed by atoms with Crippen molar-refractivity contribution in [2.75, 3.05) is 5.32 Å². The van der Waals surface area contributed by atoms with E-state index < -0.39 is 23.6 Å². The Labute approximate surface area is 235 Å². The Bertz CT molecular complexity index is 1390. The predicted octanol–water partition coefficient (Wildman–Crippen LogP) is 5.69. The van der Waals surface area contributed by atoms with Gasteiger partial charge in [-0.05, 0) is 69.4 Å². The summed E-state index contributed by atoms with van der Waals surface area (Å²) >= 11 is 0. The number of nitrogens with zero attached hydrogens (tertiary/aromatic N) is 1. The molecule has 212 valence electrons. The van der Waals surface area contributed by atoms with Gasteiger partial charge in [0.2, 0.25) is 0 Å². The van der Waals surface area contributed by atoms with Crippen LogP contribution >= 0.6 is 0 Å². The Kier molecular flexibility index (Phi) is 9.65. The van der Waals surface area contributed by atoms with Gasteiger partial charge in [0.15, 0.2) is 0 Å². The lowest BCUT2D eigenvalue weighted by Crippen LogP contribution is -2.32. The molecular formula is C31H38N4O5. The number of pyridine rings is 1. The van der Waals surface area contributed by atoms with Crippen LogP contribution in [0.1, 0.15) is 77.8 Å². The monoisotopic (exact) mass is 546 g/mol. The average molecular weight is 547 g/mol. The molecule has 1 heterocycles. The van der Waals surface area contributed by atoms with Crippen LogP contribution in [0, 0.1) is 12.8 Å². The van der Waals surface area contributed by atoms with E-state index in [2.05, 4.69) is 24.5 Å². The van der Waals surface area contributed by atoms with Crippen molar-refractivity contribution in [2.45, 2.75) is 66.7 Å². The van der Waals surface area contributed by atoms with Gasteiger partial charge in [-0.2, -0.15) is 0 Å². The summed E-state index contributed by atoms with van der Waals surface area (Å²) in [5, 5.41) is 15.2. The van der Waals surface area contributed by atoms with Gasteiger partial charge in [0.05, 0.1) is 16.9 Å². The Morgan fingerprint density at radius 3 is 2.27 bits per heavy atom. The third-order valence-electron chi connectivity index (χ3n) is 6.06. The number of carbonyl (C=O) groups excluding carboxylic acids is 2. The van der Waals surface area contributed by atoms with Gasteiger partial charge in [0.25, 0.3) is 5.91 Å². The Morgan fingerprint density at radius 2 is 1.70 bits per heavy atom. The number of rotatable bonds is 9. The van der Waals surface area contributed by atoms with Crippen molar-refractivity contribution in [3.63, 3.8) is 0 Å². The second-order valence-corrected chi connectivity index (χ2v) is 11.1. The molecule has 40 heavy (non-hydrogen) atoms. The Hall–Kier alpha value is -4.24. The van der Waals surface area contributed by atoms with E-state index in [4.69, 9.17) is 15.5 Å². The van der Waals surface area contributed by atoms with Crippen molar-refractivity contribution in [3.05, 3.63) is 82.2 Å². The smallest absolute Gasteiger partial charge is 0.407 e. The number of alkyl carbamates (subject to hydrolysis) is 1. The number of amides is 2. The fourth-order valence-corrected chi connectivity index (χ4v) is 4.28. The molecule has 0 aliphatic heterocycles. The number of anilines is 1. The van der Waals surface area contributed by atoms with E-state index >= 15 is 0 Å². The second-order valence-electron chi connectivity index (χ2n) is 11.1. The topological polar surface area (TPSA) is 144 Å². The number of nitrogens with one attached hydrogen (secondary N) is 2. The van der Waals surface area contributed by atoms with E-state index in [0.717, 1.165) is 22.4 Å². The molecule has 9 nitrogen and oxygen atoms in total. The SMILES string of the molecule is Cc1nc(CC(C)C)c(CNC(=O)OC(C)(C)C)c(-c2ccc(CN)cc2)c1NC(=O)c1cccc(C(=O)O)c1. The first kappa shape index (κ1) is 30.3. The average Bonchev–Trinajstić information content (AvgIpc) is 2.88. The normalized spacial score (nSPS) is 11.3. The van der Waals surface area contributed by atoms with Crippen LogP contribution in [0.4, 0.5) is 10.5 Å². The van der Waals surface area contributed by atoms with Crippen molar-refractivity contribution in [3.8, 4) is 11.1 Å². The fourth-order valence-electron chi connectivity index (χ4n) is 4.28. The van der Waals surface area contributed by atoms with E-state index in [9.17, 15) is 19.5 Å². The summed E-state index contributed by atoms with van der Waals surface area (Å²) in [6.45, 7) is 11.9. The maximum Gasteiger partial charge on any atom is 0.407 e. The highest BCUT2D eigenvalue weighted by Gasteiger charge is 2.24. The molecule has 0 saturated carbocycles. The predicted molar refractivity (Wildman–Crippen MR) is 155 cm³/mol. The van der Waals surface area contributed by atoms with E-state index in [1.54, 1.807) is 26.8 Å². The van der Waals surface area contributed by atoms with Crippen LogP contribution in [0.25, 0.3) is 11.1 Å². The van der Waals surface area contributed by atoms with Crippen LogP contribution in [-0.2, 0) is 24.2 Å². The molecule has 5 N–H and O–H groups in total. The summed E-state index contributed by atoms with van der Waals surface area (Å²) < 4.78 is 5.46. The summed E-state index contributed by atoms with van der Waals surface area (Å²) in [6, 6.07) is 13.5. The molecule has 0 aliphatic carbocycles. The number of carboxylic acids is 1. The number of aromatic nitrogens is 1. The van der Waals surface area contributed by atoms with Crippen molar-refractivity contribution in [2.24, 2.45) is 11.7 Å². The molecule has 0 aliphatic rings. The minimum absolute atomic E-state index is 0.00891. The second kappa shape index (κ2) is 12.7. The van der Waals surface area contributed by atoms with Crippen molar-refractivity contribution in [1.82, 2.24) is 10.3 Å². The molecule has 2 amide bonds. The Morgan fingerprint density at radius 1 is 1.05 bits per heavy atom. The van der Waals surface area contributed by atoms with E-state index in [1.807, 2.05) is 31.2 Å².